The Morgan fingerprint density at radius 1 is 1.15 bits per heavy atom. The second-order valence-electron chi connectivity index (χ2n) is 6.51. The molecule has 1 aliphatic rings. The molecule has 6 heteroatoms. The van der Waals surface area contributed by atoms with E-state index in [-0.39, 0.29) is 5.91 Å². The molecule has 1 aromatic carbocycles. The molecule has 1 atom stereocenters. The number of para-hydroxylation sites is 1. The van der Waals surface area contributed by atoms with Gasteiger partial charge in [-0.2, -0.15) is 0 Å². The molecule has 138 valence electrons. The molecular weight excluding hydrogens is 328 g/mol. The van der Waals surface area contributed by atoms with Gasteiger partial charge in [0, 0.05) is 26.2 Å². The summed E-state index contributed by atoms with van der Waals surface area (Å²) >= 11 is 0. The van der Waals surface area contributed by atoms with Crippen molar-refractivity contribution in [3.8, 4) is 5.75 Å². The van der Waals surface area contributed by atoms with Gasteiger partial charge < -0.3 is 19.9 Å². The number of piperazine rings is 1. The smallest absolute Gasteiger partial charge is 0.265 e. The average molecular weight is 354 g/mol. The van der Waals surface area contributed by atoms with Gasteiger partial charge in [0.2, 0.25) is 0 Å². The van der Waals surface area contributed by atoms with Crippen molar-refractivity contribution in [2.24, 2.45) is 0 Å². The molecule has 1 fully saturated rings. The lowest BCUT2D eigenvalue weighted by molar-refractivity contribution is -0.122. The van der Waals surface area contributed by atoms with Gasteiger partial charge in [0.25, 0.3) is 5.91 Å². The number of amides is 1. The fraction of sp³-hybridized carbons (Fsp3) is 0.400. The predicted molar refractivity (Wildman–Crippen MR) is 104 cm³/mol. The third kappa shape index (κ3) is 4.73. The summed E-state index contributed by atoms with van der Waals surface area (Å²) in [5.41, 5.74) is 0.683. The second kappa shape index (κ2) is 8.67. The van der Waals surface area contributed by atoms with Gasteiger partial charge in [0.1, 0.15) is 11.6 Å². The summed E-state index contributed by atoms with van der Waals surface area (Å²) in [4.78, 5) is 21.6. The molecule has 2 aromatic rings. The molecule has 0 unspecified atom stereocenters. The highest BCUT2D eigenvalue weighted by Crippen LogP contribution is 2.17. The fourth-order valence-corrected chi connectivity index (χ4v) is 2.89. The summed E-state index contributed by atoms with van der Waals surface area (Å²) in [6.45, 7) is 5.95. The fourth-order valence-electron chi connectivity index (χ4n) is 2.89. The molecule has 1 aliphatic heterocycles. The third-order valence-corrected chi connectivity index (χ3v) is 4.53. The van der Waals surface area contributed by atoms with Gasteiger partial charge in [-0.15, -0.1) is 0 Å². The van der Waals surface area contributed by atoms with Crippen LogP contribution < -0.4 is 15.0 Å². The number of aromatic nitrogens is 1. The summed E-state index contributed by atoms with van der Waals surface area (Å²) in [7, 11) is 2.13. The van der Waals surface area contributed by atoms with E-state index in [4.69, 9.17) is 4.74 Å². The molecule has 1 N–H and O–H groups in total. The van der Waals surface area contributed by atoms with E-state index >= 15 is 0 Å². The van der Waals surface area contributed by atoms with Gasteiger partial charge in [-0.25, -0.2) is 4.98 Å². The van der Waals surface area contributed by atoms with Gasteiger partial charge in [0.15, 0.2) is 6.10 Å². The van der Waals surface area contributed by atoms with Crippen LogP contribution in [-0.2, 0) is 4.79 Å². The van der Waals surface area contributed by atoms with E-state index in [1.807, 2.05) is 49.4 Å². The van der Waals surface area contributed by atoms with Gasteiger partial charge in [-0.1, -0.05) is 25.1 Å². The molecule has 2 heterocycles. The van der Waals surface area contributed by atoms with Crippen LogP contribution in [0.1, 0.15) is 13.3 Å². The SMILES string of the molecule is CC[C@@H](Oc1ccccc1)C(=O)Nc1ccc(N2CCN(C)CC2)nc1. The number of carbonyl (C=O) groups excluding carboxylic acids is 1. The van der Waals surface area contributed by atoms with Crippen LogP contribution in [0.15, 0.2) is 48.7 Å². The van der Waals surface area contributed by atoms with E-state index in [1.165, 1.54) is 0 Å². The number of pyridine rings is 1. The maximum absolute atomic E-state index is 12.5. The van der Waals surface area contributed by atoms with E-state index < -0.39 is 6.10 Å². The zero-order valence-electron chi connectivity index (χ0n) is 15.4. The zero-order valence-corrected chi connectivity index (χ0v) is 15.4. The number of likely N-dealkylation sites (N-methyl/N-ethyl adjacent to an activating group) is 1. The lowest BCUT2D eigenvalue weighted by Gasteiger charge is -2.33. The molecule has 1 amide bonds. The molecule has 0 bridgehead atoms. The number of carbonyl (C=O) groups is 1. The normalized spacial score (nSPS) is 16.2. The summed E-state index contributed by atoms with van der Waals surface area (Å²) in [5, 5.41) is 2.90. The molecule has 26 heavy (non-hydrogen) atoms. The minimum absolute atomic E-state index is 0.162. The molecule has 3 rings (SSSR count). The van der Waals surface area contributed by atoms with Crippen LogP contribution in [0.3, 0.4) is 0 Å². The highest BCUT2D eigenvalue weighted by Gasteiger charge is 2.19. The first-order valence-electron chi connectivity index (χ1n) is 9.08. The Morgan fingerprint density at radius 2 is 1.88 bits per heavy atom. The first-order chi connectivity index (χ1) is 12.7. The van der Waals surface area contributed by atoms with Crippen LogP contribution in [-0.4, -0.2) is 55.1 Å². The number of hydrogen-bond donors (Lipinski definition) is 1. The number of hydrogen-bond acceptors (Lipinski definition) is 5. The monoisotopic (exact) mass is 354 g/mol. The first kappa shape index (κ1) is 18.2. The largest absolute Gasteiger partial charge is 0.481 e. The maximum atomic E-state index is 12.5. The lowest BCUT2D eigenvalue weighted by Crippen LogP contribution is -2.44. The minimum Gasteiger partial charge on any atom is -0.481 e. The van der Waals surface area contributed by atoms with Crippen LogP contribution >= 0.6 is 0 Å². The van der Waals surface area contributed by atoms with Crippen LogP contribution in [0, 0.1) is 0 Å². The third-order valence-electron chi connectivity index (χ3n) is 4.53. The summed E-state index contributed by atoms with van der Waals surface area (Å²) < 4.78 is 5.78. The van der Waals surface area contributed by atoms with Crippen molar-refractivity contribution in [2.75, 3.05) is 43.4 Å². The van der Waals surface area contributed by atoms with Gasteiger partial charge in [-0.3, -0.25) is 4.79 Å². The Hall–Kier alpha value is -2.60. The molecule has 0 aliphatic carbocycles. The summed E-state index contributed by atoms with van der Waals surface area (Å²) in [6, 6.07) is 13.3. The Morgan fingerprint density at radius 3 is 2.50 bits per heavy atom. The first-order valence-corrected chi connectivity index (χ1v) is 9.08. The summed E-state index contributed by atoms with van der Waals surface area (Å²) in [6.07, 6.45) is 1.77. The predicted octanol–water partition coefficient (Wildman–Crippen LogP) is 2.63. The van der Waals surface area contributed by atoms with Crippen molar-refractivity contribution in [1.82, 2.24) is 9.88 Å². The molecule has 6 nitrogen and oxygen atoms in total. The van der Waals surface area contributed by atoms with Gasteiger partial charge in [-0.05, 0) is 37.7 Å². The topological polar surface area (TPSA) is 57.7 Å². The van der Waals surface area contributed by atoms with E-state index in [1.54, 1.807) is 6.20 Å². The van der Waals surface area contributed by atoms with Crippen molar-refractivity contribution >= 4 is 17.4 Å². The van der Waals surface area contributed by atoms with E-state index in [0.29, 0.717) is 17.9 Å². The minimum atomic E-state index is -0.533. The van der Waals surface area contributed by atoms with E-state index in [9.17, 15) is 4.79 Å². The molecular formula is C20H26N4O2. The highest BCUT2D eigenvalue weighted by atomic mass is 16.5. The van der Waals surface area contributed by atoms with Crippen molar-refractivity contribution in [2.45, 2.75) is 19.4 Å². The molecule has 1 saturated heterocycles. The molecule has 1 aromatic heterocycles. The van der Waals surface area contributed by atoms with Gasteiger partial charge in [0.05, 0.1) is 11.9 Å². The van der Waals surface area contributed by atoms with Crippen LogP contribution in [0.5, 0.6) is 5.75 Å². The van der Waals surface area contributed by atoms with Crippen molar-refractivity contribution in [3.63, 3.8) is 0 Å². The second-order valence-corrected chi connectivity index (χ2v) is 6.51. The lowest BCUT2D eigenvalue weighted by atomic mass is 10.2. The number of benzene rings is 1. The average Bonchev–Trinajstić information content (AvgIpc) is 2.68. The van der Waals surface area contributed by atoms with Crippen LogP contribution in [0.4, 0.5) is 11.5 Å². The van der Waals surface area contributed by atoms with Crippen molar-refractivity contribution in [1.29, 1.82) is 0 Å². The number of rotatable bonds is 6. The van der Waals surface area contributed by atoms with Crippen molar-refractivity contribution in [3.05, 3.63) is 48.7 Å². The Labute approximate surface area is 154 Å². The Bertz CT molecular complexity index is 698. The standard InChI is InChI=1S/C20H26N4O2/c1-3-18(26-17-7-5-4-6-8-17)20(25)22-16-9-10-19(21-15-16)24-13-11-23(2)12-14-24/h4-10,15,18H,3,11-14H2,1-2H3,(H,22,25)/t18-/m1/s1. The summed E-state index contributed by atoms with van der Waals surface area (Å²) in [5.74, 6) is 1.48. The van der Waals surface area contributed by atoms with E-state index in [0.717, 1.165) is 32.0 Å². The Balaban J connectivity index is 1.58. The number of nitrogens with one attached hydrogen (secondary N) is 1. The molecule has 0 saturated carbocycles. The van der Waals surface area contributed by atoms with E-state index in [2.05, 4.69) is 27.1 Å². The van der Waals surface area contributed by atoms with Crippen LogP contribution in [0.25, 0.3) is 0 Å². The zero-order chi connectivity index (χ0) is 18.4. The number of anilines is 2. The van der Waals surface area contributed by atoms with Gasteiger partial charge >= 0.3 is 0 Å². The quantitative estimate of drug-likeness (QED) is 0.864. The molecule has 0 spiro atoms. The maximum Gasteiger partial charge on any atom is 0.265 e. The highest BCUT2D eigenvalue weighted by molar-refractivity contribution is 5.94. The van der Waals surface area contributed by atoms with Crippen LogP contribution in [0.2, 0.25) is 0 Å². The molecule has 0 radical (unpaired) electrons. The number of ether oxygens (including phenoxy) is 1. The Kier molecular flexibility index (Phi) is 6.07. The van der Waals surface area contributed by atoms with Crippen molar-refractivity contribution < 1.29 is 9.53 Å². The number of nitrogens with zero attached hydrogens (tertiary/aromatic N) is 3.